The summed E-state index contributed by atoms with van der Waals surface area (Å²) in [6.07, 6.45) is -4.54. The number of thioether (sulfide) groups is 1. The zero-order valence-electron chi connectivity index (χ0n) is 14.8. The highest BCUT2D eigenvalue weighted by Crippen LogP contribution is 2.45. The Morgan fingerprint density at radius 1 is 1.11 bits per heavy atom. The van der Waals surface area contributed by atoms with Crippen molar-refractivity contribution in [1.29, 1.82) is 0 Å². The van der Waals surface area contributed by atoms with E-state index in [0.29, 0.717) is 30.3 Å². The van der Waals surface area contributed by atoms with E-state index in [-0.39, 0.29) is 5.56 Å². The molecular formula is C19H19F4NO2S. The van der Waals surface area contributed by atoms with Crippen LogP contribution in [0.2, 0.25) is 0 Å². The summed E-state index contributed by atoms with van der Waals surface area (Å²) in [4.78, 5) is 1.89. The summed E-state index contributed by atoms with van der Waals surface area (Å²) in [5.41, 5.74) is -0.0490. The zero-order valence-corrected chi connectivity index (χ0v) is 15.7. The predicted molar refractivity (Wildman–Crippen MR) is 96.6 cm³/mol. The van der Waals surface area contributed by atoms with Crippen LogP contribution in [-0.4, -0.2) is 31.4 Å². The summed E-state index contributed by atoms with van der Waals surface area (Å²) in [7, 11) is 3.08. The Morgan fingerprint density at radius 2 is 1.89 bits per heavy atom. The van der Waals surface area contributed by atoms with Gasteiger partial charge in [-0.3, -0.25) is 4.90 Å². The number of ether oxygens (including phenoxy) is 2. The van der Waals surface area contributed by atoms with Gasteiger partial charge in [-0.1, -0.05) is 0 Å². The fraction of sp³-hybridized carbons (Fsp3) is 0.368. The fourth-order valence-corrected chi connectivity index (χ4v) is 4.50. The SMILES string of the molecule is COc1ccc(OC)c(CN2CCSC2c2cc(F)ccc2C(F)(F)F)c1. The van der Waals surface area contributed by atoms with Crippen LogP contribution in [0.4, 0.5) is 17.6 Å². The van der Waals surface area contributed by atoms with Crippen molar-refractivity contribution in [3.63, 3.8) is 0 Å². The minimum absolute atomic E-state index is 0.0492. The molecule has 1 atom stereocenters. The van der Waals surface area contributed by atoms with Gasteiger partial charge in [-0.05, 0) is 42.0 Å². The Hall–Kier alpha value is -1.93. The maximum Gasteiger partial charge on any atom is 0.416 e. The molecule has 3 nitrogen and oxygen atoms in total. The Labute approximate surface area is 159 Å². The Balaban J connectivity index is 1.95. The van der Waals surface area contributed by atoms with Crippen molar-refractivity contribution in [3.05, 3.63) is 58.9 Å². The topological polar surface area (TPSA) is 21.7 Å². The van der Waals surface area contributed by atoms with Gasteiger partial charge in [0.05, 0.1) is 25.2 Å². The van der Waals surface area contributed by atoms with Crippen LogP contribution in [0, 0.1) is 5.82 Å². The van der Waals surface area contributed by atoms with Crippen LogP contribution in [0.25, 0.3) is 0 Å². The van der Waals surface area contributed by atoms with Crippen molar-refractivity contribution in [2.45, 2.75) is 18.1 Å². The molecule has 0 saturated carbocycles. The summed E-state index contributed by atoms with van der Waals surface area (Å²) < 4.78 is 64.6. The molecule has 0 radical (unpaired) electrons. The first-order valence-corrected chi connectivity index (χ1v) is 9.31. The minimum atomic E-state index is -4.54. The third kappa shape index (κ3) is 4.32. The van der Waals surface area contributed by atoms with E-state index >= 15 is 0 Å². The van der Waals surface area contributed by atoms with Gasteiger partial charge in [0.2, 0.25) is 0 Å². The smallest absolute Gasteiger partial charge is 0.416 e. The van der Waals surface area contributed by atoms with E-state index in [2.05, 4.69) is 0 Å². The van der Waals surface area contributed by atoms with E-state index in [9.17, 15) is 17.6 Å². The number of hydrogen-bond acceptors (Lipinski definition) is 4. The van der Waals surface area contributed by atoms with Crippen LogP contribution < -0.4 is 9.47 Å². The van der Waals surface area contributed by atoms with Gasteiger partial charge in [0, 0.05) is 24.4 Å². The molecule has 0 bridgehead atoms. The first-order chi connectivity index (χ1) is 12.8. The molecule has 1 aliphatic rings. The molecule has 0 N–H and O–H groups in total. The molecule has 2 aromatic rings. The highest BCUT2D eigenvalue weighted by atomic mass is 32.2. The first-order valence-electron chi connectivity index (χ1n) is 8.26. The fourth-order valence-electron chi connectivity index (χ4n) is 3.17. The van der Waals surface area contributed by atoms with E-state index < -0.39 is 22.9 Å². The molecule has 1 saturated heterocycles. The average molecular weight is 401 g/mol. The summed E-state index contributed by atoms with van der Waals surface area (Å²) in [5, 5.41) is -0.590. The molecule has 1 unspecified atom stereocenters. The van der Waals surface area contributed by atoms with E-state index in [0.717, 1.165) is 23.8 Å². The first kappa shape index (κ1) is 19.8. The third-order valence-corrected chi connectivity index (χ3v) is 5.72. The lowest BCUT2D eigenvalue weighted by atomic mass is 10.1. The van der Waals surface area contributed by atoms with Crippen LogP contribution in [0.3, 0.4) is 0 Å². The molecule has 1 aliphatic heterocycles. The van der Waals surface area contributed by atoms with Gasteiger partial charge in [0.25, 0.3) is 0 Å². The summed E-state index contributed by atoms with van der Waals surface area (Å²) >= 11 is 1.37. The predicted octanol–water partition coefficient (Wildman–Crippen LogP) is 5.11. The molecule has 1 fully saturated rings. The molecule has 0 amide bonds. The van der Waals surface area contributed by atoms with Crippen LogP contribution >= 0.6 is 11.8 Å². The molecule has 1 heterocycles. The van der Waals surface area contributed by atoms with Gasteiger partial charge in [-0.25, -0.2) is 4.39 Å². The highest BCUT2D eigenvalue weighted by molar-refractivity contribution is 7.99. The van der Waals surface area contributed by atoms with Crippen molar-refractivity contribution in [2.75, 3.05) is 26.5 Å². The lowest BCUT2D eigenvalue weighted by molar-refractivity contribution is -0.138. The van der Waals surface area contributed by atoms with Crippen LogP contribution in [0.5, 0.6) is 11.5 Å². The van der Waals surface area contributed by atoms with Crippen LogP contribution in [0.15, 0.2) is 36.4 Å². The van der Waals surface area contributed by atoms with Crippen molar-refractivity contribution < 1.29 is 27.0 Å². The maximum absolute atomic E-state index is 13.7. The normalized spacial score (nSPS) is 17.9. The highest BCUT2D eigenvalue weighted by Gasteiger charge is 2.38. The summed E-state index contributed by atoms with van der Waals surface area (Å²) in [6.45, 7) is 0.954. The average Bonchev–Trinajstić information content (AvgIpc) is 3.08. The van der Waals surface area contributed by atoms with Gasteiger partial charge in [0.1, 0.15) is 17.3 Å². The molecule has 0 aromatic heterocycles. The summed E-state index contributed by atoms with van der Waals surface area (Å²) in [6, 6.07) is 7.97. The largest absolute Gasteiger partial charge is 0.497 e. The Kier molecular flexibility index (Phi) is 5.86. The van der Waals surface area contributed by atoms with Gasteiger partial charge in [0.15, 0.2) is 0 Å². The molecule has 3 rings (SSSR count). The van der Waals surface area contributed by atoms with Crippen molar-refractivity contribution in [1.82, 2.24) is 4.90 Å². The van der Waals surface area contributed by atoms with Crippen molar-refractivity contribution >= 4 is 11.8 Å². The Bertz CT molecular complexity index is 813. The second kappa shape index (κ2) is 7.98. The van der Waals surface area contributed by atoms with E-state index in [1.165, 1.54) is 18.9 Å². The lowest BCUT2D eigenvalue weighted by Crippen LogP contribution is -2.25. The van der Waals surface area contributed by atoms with Crippen LogP contribution in [-0.2, 0) is 12.7 Å². The molecule has 27 heavy (non-hydrogen) atoms. The zero-order chi connectivity index (χ0) is 19.6. The molecule has 0 spiro atoms. The van der Waals surface area contributed by atoms with Crippen molar-refractivity contribution in [2.24, 2.45) is 0 Å². The van der Waals surface area contributed by atoms with Gasteiger partial charge in [-0.2, -0.15) is 13.2 Å². The molecule has 0 aliphatic carbocycles. The quantitative estimate of drug-likeness (QED) is 0.649. The number of hydrogen-bond donors (Lipinski definition) is 0. The van der Waals surface area contributed by atoms with Crippen LogP contribution in [0.1, 0.15) is 22.1 Å². The van der Waals surface area contributed by atoms with E-state index in [1.54, 1.807) is 25.3 Å². The summed E-state index contributed by atoms with van der Waals surface area (Å²) in [5.74, 6) is 1.24. The molecular weight excluding hydrogens is 382 g/mol. The third-order valence-electron chi connectivity index (χ3n) is 4.43. The number of nitrogens with zero attached hydrogens (tertiary/aromatic N) is 1. The molecule has 8 heteroatoms. The molecule has 2 aromatic carbocycles. The van der Waals surface area contributed by atoms with E-state index in [4.69, 9.17) is 9.47 Å². The van der Waals surface area contributed by atoms with E-state index in [1.807, 2.05) is 4.90 Å². The second-order valence-corrected chi connectivity index (χ2v) is 7.29. The minimum Gasteiger partial charge on any atom is -0.497 e. The number of benzene rings is 2. The monoisotopic (exact) mass is 401 g/mol. The number of halogens is 4. The number of methoxy groups -OCH3 is 2. The standard InChI is InChI=1S/C19H19F4NO2S/c1-25-14-4-6-17(26-2)12(9-14)11-24-7-8-27-18(24)15-10-13(20)3-5-16(15)19(21,22)23/h3-6,9-10,18H,7-8,11H2,1-2H3. The lowest BCUT2D eigenvalue weighted by Gasteiger charge is -2.27. The molecule has 146 valence electrons. The van der Waals surface area contributed by atoms with Crippen molar-refractivity contribution in [3.8, 4) is 11.5 Å². The van der Waals surface area contributed by atoms with Gasteiger partial charge >= 0.3 is 6.18 Å². The second-order valence-electron chi connectivity index (χ2n) is 6.10. The van der Waals surface area contributed by atoms with Gasteiger partial charge in [-0.15, -0.1) is 11.8 Å². The van der Waals surface area contributed by atoms with Gasteiger partial charge < -0.3 is 9.47 Å². The Morgan fingerprint density at radius 3 is 2.56 bits per heavy atom. The maximum atomic E-state index is 13.7. The number of rotatable bonds is 5. The number of alkyl halides is 3.